The molecule has 1 aliphatic heterocycles. The highest BCUT2D eigenvalue weighted by molar-refractivity contribution is 6.16. The van der Waals surface area contributed by atoms with Gasteiger partial charge in [0, 0.05) is 6.54 Å². The van der Waals surface area contributed by atoms with Crippen molar-refractivity contribution in [2.24, 2.45) is 5.92 Å². The van der Waals surface area contributed by atoms with Gasteiger partial charge in [-0.2, -0.15) is 0 Å². The van der Waals surface area contributed by atoms with E-state index in [2.05, 4.69) is 5.32 Å². The van der Waals surface area contributed by atoms with Gasteiger partial charge in [0.2, 0.25) is 11.8 Å². The van der Waals surface area contributed by atoms with Gasteiger partial charge in [-0.1, -0.05) is 19.1 Å². The van der Waals surface area contributed by atoms with E-state index >= 15 is 0 Å². The Hall–Kier alpha value is -1.65. The second kappa shape index (κ2) is 5.44. The summed E-state index contributed by atoms with van der Waals surface area (Å²) in [5, 5.41) is 2.19. The first-order valence-electron chi connectivity index (χ1n) is 5.39. The highest BCUT2D eigenvalue weighted by atomic mass is 16.2. The quantitative estimate of drug-likeness (QED) is 0.573. The van der Waals surface area contributed by atoms with Crippen molar-refractivity contribution in [2.75, 3.05) is 6.54 Å². The third-order valence-corrected chi connectivity index (χ3v) is 2.52. The summed E-state index contributed by atoms with van der Waals surface area (Å²) in [6.07, 6.45) is 4.76. The maximum atomic E-state index is 11.8. The number of barbiturate groups is 1. The number of allylic oxidation sites excluding steroid dienone is 1. The van der Waals surface area contributed by atoms with Crippen molar-refractivity contribution in [1.29, 1.82) is 0 Å². The molecule has 16 heavy (non-hydrogen) atoms. The number of rotatable bonds is 4. The average molecular weight is 224 g/mol. The molecule has 0 aromatic heterocycles. The Morgan fingerprint density at radius 1 is 1.38 bits per heavy atom. The first-order chi connectivity index (χ1) is 7.61. The van der Waals surface area contributed by atoms with Crippen LogP contribution in [-0.4, -0.2) is 29.3 Å². The molecule has 88 valence electrons. The van der Waals surface area contributed by atoms with Gasteiger partial charge < -0.3 is 0 Å². The number of amides is 4. The van der Waals surface area contributed by atoms with Crippen LogP contribution in [0.15, 0.2) is 12.2 Å². The summed E-state index contributed by atoms with van der Waals surface area (Å²) < 4.78 is 0. The van der Waals surface area contributed by atoms with Crippen molar-refractivity contribution in [2.45, 2.75) is 26.7 Å². The summed E-state index contributed by atoms with van der Waals surface area (Å²) in [7, 11) is 0. The minimum Gasteiger partial charge on any atom is -0.277 e. The van der Waals surface area contributed by atoms with E-state index in [9.17, 15) is 14.4 Å². The van der Waals surface area contributed by atoms with Crippen molar-refractivity contribution in [3.05, 3.63) is 12.2 Å². The molecule has 0 aromatic rings. The Morgan fingerprint density at radius 2 is 2.06 bits per heavy atom. The van der Waals surface area contributed by atoms with Crippen LogP contribution in [0.4, 0.5) is 4.79 Å². The molecule has 5 heteroatoms. The van der Waals surface area contributed by atoms with E-state index in [0.717, 1.165) is 4.90 Å². The molecule has 1 saturated heterocycles. The smallest absolute Gasteiger partial charge is 0.277 e. The van der Waals surface area contributed by atoms with Gasteiger partial charge in [-0.05, 0) is 19.8 Å². The van der Waals surface area contributed by atoms with Crippen molar-refractivity contribution in [1.82, 2.24) is 10.2 Å². The number of hydrogen-bond acceptors (Lipinski definition) is 3. The second-order valence-electron chi connectivity index (χ2n) is 3.60. The minimum atomic E-state index is -0.719. The topological polar surface area (TPSA) is 66.5 Å². The van der Waals surface area contributed by atoms with Gasteiger partial charge in [-0.15, -0.1) is 0 Å². The summed E-state index contributed by atoms with van der Waals surface area (Å²) >= 11 is 0. The Labute approximate surface area is 94.5 Å². The van der Waals surface area contributed by atoms with E-state index in [1.54, 1.807) is 6.92 Å². The summed E-state index contributed by atoms with van der Waals surface area (Å²) in [5.41, 5.74) is 0. The number of nitrogens with one attached hydrogen (secondary N) is 1. The lowest BCUT2D eigenvalue weighted by atomic mass is 10.0. The van der Waals surface area contributed by atoms with Crippen molar-refractivity contribution >= 4 is 17.8 Å². The molecule has 0 bridgehead atoms. The van der Waals surface area contributed by atoms with E-state index in [4.69, 9.17) is 0 Å². The van der Waals surface area contributed by atoms with Crippen LogP contribution in [0.1, 0.15) is 26.7 Å². The molecule has 1 rings (SSSR count). The van der Waals surface area contributed by atoms with Crippen LogP contribution in [0.3, 0.4) is 0 Å². The van der Waals surface area contributed by atoms with Gasteiger partial charge >= 0.3 is 6.03 Å². The summed E-state index contributed by atoms with van der Waals surface area (Å²) in [4.78, 5) is 35.6. The zero-order chi connectivity index (χ0) is 12.1. The van der Waals surface area contributed by atoms with E-state index in [1.807, 2.05) is 19.1 Å². The van der Waals surface area contributed by atoms with Crippen molar-refractivity contribution in [3.8, 4) is 0 Å². The molecule has 1 fully saturated rings. The van der Waals surface area contributed by atoms with Gasteiger partial charge in [-0.3, -0.25) is 19.8 Å². The normalized spacial score (nSPS) is 21.8. The lowest BCUT2D eigenvalue weighted by molar-refractivity contribution is -0.142. The molecule has 1 atom stereocenters. The zero-order valence-electron chi connectivity index (χ0n) is 9.53. The van der Waals surface area contributed by atoms with Gasteiger partial charge in [0.05, 0.1) is 0 Å². The Bertz CT molecular complexity index is 336. The molecule has 1 aliphatic rings. The summed E-state index contributed by atoms with van der Waals surface area (Å²) in [5.74, 6) is -1.59. The molecular formula is C11H16N2O3. The van der Waals surface area contributed by atoms with Gasteiger partial charge in [0.15, 0.2) is 0 Å². The predicted octanol–water partition coefficient (Wildman–Crippen LogP) is 1.06. The number of urea groups is 1. The van der Waals surface area contributed by atoms with Crippen molar-refractivity contribution in [3.63, 3.8) is 0 Å². The third-order valence-electron chi connectivity index (χ3n) is 2.52. The molecule has 0 aliphatic carbocycles. The minimum absolute atomic E-state index is 0.318. The van der Waals surface area contributed by atoms with Crippen LogP contribution >= 0.6 is 0 Å². The Balaban J connectivity index is 2.71. The Kier molecular flexibility index (Phi) is 4.22. The van der Waals surface area contributed by atoms with Crippen LogP contribution in [0.2, 0.25) is 0 Å². The first kappa shape index (κ1) is 12.4. The van der Waals surface area contributed by atoms with E-state index in [1.165, 1.54) is 0 Å². The van der Waals surface area contributed by atoms with Crippen LogP contribution in [0.25, 0.3) is 0 Å². The number of carbonyl (C=O) groups excluding carboxylic acids is 3. The molecular weight excluding hydrogens is 208 g/mol. The predicted molar refractivity (Wildman–Crippen MR) is 58.5 cm³/mol. The number of nitrogens with zero attached hydrogens (tertiary/aromatic N) is 1. The molecule has 1 N–H and O–H groups in total. The second-order valence-corrected chi connectivity index (χ2v) is 3.60. The first-order valence-corrected chi connectivity index (χ1v) is 5.39. The van der Waals surface area contributed by atoms with Gasteiger partial charge in [0.25, 0.3) is 0 Å². The molecule has 0 aromatic carbocycles. The van der Waals surface area contributed by atoms with Crippen molar-refractivity contribution < 1.29 is 14.4 Å². The number of carbonyl (C=O) groups is 3. The zero-order valence-corrected chi connectivity index (χ0v) is 9.53. The fourth-order valence-electron chi connectivity index (χ4n) is 1.60. The lowest BCUT2D eigenvalue weighted by Crippen LogP contribution is -2.57. The van der Waals surface area contributed by atoms with Crippen LogP contribution < -0.4 is 5.32 Å². The highest BCUT2D eigenvalue weighted by Crippen LogP contribution is 2.14. The van der Waals surface area contributed by atoms with E-state index in [0.29, 0.717) is 19.4 Å². The van der Waals surface area contributed by atoms with Crippen LogP contribution in [-0.2, 0) is 9.59 Å². The maximum absolute atomic E-state index is 11.8. The average Bonchev–Trinajstić information content (AvgIpc) is 2.23. The highest BCUT2D eigenvalue weighted by Gasteiger charge is 2.38. The number of imide groups is 2. The molecule has 0 radical (unpaired) electrons. The van der Waals surface area contributed by atoms with Gasteiger partial charge in [-0.25, -0.2) is 4.79 Å². The maximum Gasteiger partial charge on any atom is 0.330 e. The molecule has 1 heterocycles. The molecule has 0 saturated carbocycles. The SMILES string of the molecule is C/C=C/CCN1C(=O)NC(=O)C(CC)C1=O. The molecule has 0 spiro atoms. The van der Waals surface area contributed by atoms with Gasteiger partial charge in [0.1, 0.15) is 5.92 Å². The monoisotopic (exact) mass is 224 g/mol. The number of hydrogen-bond donors (Lipinski definition) is 1. The van der Waals surface area contributed by atoms with E-state index in [-0.39, 0.29) is 5.91 Å². The lowest BCUT2D eigenvalue weighted by Gasteiger charge is -2.29. The van der Waals surface area contributed by atoms with Crippen LogP contribution in [0, 0.1) is 5.92 Å². The van der Waals surface area contributed by atoms with E-state index < -0.39 is 17.9 Å². The summed E-state index contributed by atoms with van der Waals surface area (Å²) in [6.45, 7) is 3.94. The summed E-state index contributed by atoms with van der Waals surface area (Å²) in [6, 6.07) is -0.607. The standard InChI is InChI=1S/C11H16N2O3/c1-3-5-6-7-13-10(15)8(4-2)9(14)12-11(13)16/h3,5,8H,4,6-7H2,1-2H3,(H,12,14,16)/b5-3+. The fraction of sp³-hybridized carbons (Fsp3) is 0.545. The Morgan fingerprint density at radius 3 is 2.62 bits per heavy atom. The fourth-order valence-corrected chi connectivity index (χ4v) is 1.60. The molecule has 4 amide bonds. The third kappa shape index (κ3) is 2.48. The van der Waals surface area contributed by atoms with Crippen LogP contribution in [0.5, 0.6) is 0 Å². The largest absolute Gasteiger partial charge is 0.330 e. The molecule has 5 nitrogen and oxygen atoms in total. The molecule has 1 unspecified atom stereocenters.